The molecule has 2 heterocycles. The molecule has 0 radical (unpaired) electrons. The Morgan fingerprint density at radius 3 is 2.58 bits per heavy atom. The third kappa shape index (κ3) is 2.73. The summed E-state index contributed by atoms with van der Waals surface area (Å²) in [6, 6.07) is 3.82. The van der Waals surface area contributed by atoms with Gasteiger partial charge in [-0.25, -0.2) is 8.78 Å². The van der Waals surface area contributed by atoms with Crippen LogP contribution in [0, 0.1) is 17.0 Å². The molecule has 1 spiro atoms. The van der Waals surface area contributed by atoms with Gasteiger partial charge >= 0.3 is 0 Å². The molecule has 1 aromatic rings. The average Bonchev–Trinajstić information content (AvgIpc) is 2.62. The number of benzene rings is 1. The van der Waals surface area contributed by atoms with E-state index in [1.165, 1.54) is 31.4 Å². The highest BCUT2D eigenvalue weighted by molar-refractivity contribution is 5.48. The van der Waals surface area contributed by atoms with Crippen LogP contribution < -0.4 is 10.2 Å². The molecule has 1 unspecified atom stereocenters. The molecule has 2 aliphatic rings. The molecular weight excluding hydrogens is 246 g/mol. The van der Waals surface area contributed by atoms with Crippen LogP contribution >= 0.6 is 0 Å². The molecule has 0 saturated carbocycles. The predicted octanol–water partition coefficient (Wildman–Crippen LogP) is 2.93. The molecule has 0 aliphatic carbocycles. The summed E-state index contributed by atoms with van der Waals surface area (Å²) in [5, 5.41) is 3.43. The number of nitrogens with one attached hydrogen (secondary N) is 1. The van der Waals surface area contributed by atoms with Crippen molar-refractivity contribution in [3.63, 3.8) is 0 Å². The lowest BCUT2D eigenvalue weighted by molar-refractivity contribution is 0.289. The normalized spacial score (nSPS) is 27.8. The molecule has 0 bridgehead atoms. The van der Waals surface area contributed by atoms with Crippen molar-refractivity contribution in [3.05, 3.63) is 29.8 Å². The van der Waals surface area contributed by atoms with E-state index in [1.54, 1.807) is 0 Å². The molecule has 19 heavy (non-hydrogen) atoms. The molecular formula is C15H20F2N2. The summed E-state index contributed by atoms with van der Waals surface area (Å²) in [4.78, 5) is 2.14. The summed E-state index contributed by atoms with van der Waals surface area (Å²) >= 11 is 0. The molecule has 2 aliphatic heterocycles. The Balaban J connectivity index is 1.77. The van der Waals surface area contributed by atoms with E-state index in [0.717, 1.165) is 38.7 Å². The van der Waals surface area contributed by atoms with Crippen molar-refractivity contribution in [1.29, 1.82) is 0 Å². The number of hydrogen-bond acceptors (Lipinski definition) is 2. The van der Waals surface area contributed by atoms with Crippen molar-refractivity contribution < 1.29 is 8.78 Å². The van der Waals surface area contributed by atoms with Crippen LogP contribution in [0.4, 0.5) is 14.5 Å². The summed E-state index contributed by atoms with van der Waals surface area (Å²) in [5.41, 5.74) is 1.03. The van der Waals surface area contributed by atoms with Crippen molar-refractivity contribution in [1.82, 2.24) is 5.32 Å². The third-order valence-electron chi connectivity index (χ3n) is 4.54. The molecule has 1 atom stereocenters. The Morgan fingerprint density at radius 1 is 1.00 bits per heavy atom. The van der Waals surface area contributed by atoms with E-state index in [9.17, 15) is 8.78 Å². The van der Waals surface area contributed by atoms with Gasteiger partial charge in [-0.05, 0) is 56.3 Å². The monoisotopic (exact) mass is 266 g/mol. The zero-order chi connectivity index (χ0) is 13.3. The van der Waals surface area contributed by atoms with Gasteiger partial charge in [0, 0.05) is 24.8 Å². The lowest BCUT2D eigenvalue weighted by Crippen LogP contribution is -2.28. The highest BCUT2D eigenvalue weighted by Gasteiger charge is 2.38. The summed E-state index contributed by atoms with van der Waals surface area (Å²) < 4.78 is 26.6. The molecule has 2 nitrogen and oxygen atoms in total. The molecule has 0 aromatic heterocycles. The Morgan fingerprint density at radius 2 is 1.79 bits per heavy atom. The first-order chi connectivity index (χ1) is 9.17. The molecule has 1 aromatic carbocycles. The molecule has 1 N–H and O–H groups in total. The maximum Gasteiger partial charge on any atom is 0.128 e. The minimum atomic E-state index is -0.488. The van der Waals surface area contributed by atoms with Gasteiger partial charge in [-0.3, -0.25) is 0 Å². The smallest absolute Gasteiger partial charge is 0.128 e. The quantitative estimate of drug-likeness (QED) is 0.840. The van der Waals surface area contributed by atoms with Gasteiger partial charge in [0.15, 0.2) is 0 Å². The maximum absolute atomic E-state index is 13.3. The van der Waals surface area contributed by atoms with E-state index >= 15 is 0 Å². The van der Waals surface area contributed by atoms with Gasteiger partial charge in [-0.1, -0.05) is 0 Å². The molecule has 2 fully saturated rings. The van der Waals surface area contributed by atoms with Crippen molar-refractivity contribution in [2.45, 2.75) is 25.7 Å². The van der Waals surface area contributed by atoms with Gasteiger partial charge in [-0.15, -0.1) is 0 Å². The van der Waals surface area contributed by atoms with Gasteiger partial charge in [0.2, 0.25) is 0 Å². The zero-order valence-electron chi connectivity index (χ0n) is 11.1. The number of anilines is 1. The predicted molar refractivity (Wildman–Crippen MR) is 72.3 cm³/mol. The second-order valence-electron chi connectivity index (χ2n) is 5.90. The van der Waals surface area contributed by atoms with Crippen LogP contribution in [0.2, 0.25) is 0 Å². The summed E-state index contributed by atoms with van der Waals surface area (Å²) in [6.07, 6.45) is 4.72. The van der Waals surface area contributed by atoms with Gasteiger partial charge in [0.1, 0.15) is 11.6 Å². The molecule has 0 amide bonds. The largest absolute Gasteiger partial charge is 0.371 e. The van der Waals surface area contributed by atoms with Crippen molar-refractivity contribution in [2.24, 2.45) is 5.41 Å². The Bertz CT molecular complexity index is 433. The maximum atomic E-state index is 13.3. The first-order valence-corrected chi connectivity index (χ1v) is 7.09. The third-order valence-corrected chi connectivity index (χ3v) is 4.54. The van der Waals surface area contributed by atoms with E-state index in [-0.39, 0.29) is 0 Å². The SMILES string of the molecule is Fc1cc(F)cc(N2CCC3(CCCNCC3)C2)c1. The van der Waals surface area contributed by atoms with E-state index < -0.39 is 11.6 Å². The zero-order valence-corrected chi connectivity index (χ0v) is 11.1. The average molecular weight is 266 g/mol. The van der Waals surface area contributed by atoms with Gasteiger partial charge in [-0.2, -0.15) is 0 Å². The van der Waals surface area contributed by atoms with Crippen LogP contribution in [0.15, 0.2) is 18.2 Å². The van der Waals surface area contributed by atoms with E-state index in [0.29, 0.717) is 11.1 Å². The van der Waals surface area contributed by atoms with Crippen LogP contribution in [-0.4, -0.2) is 26.2 Å². The van der Waals surface area contributed by atoms with E-state index in [2.05, 4.69) is 10.2 Å². The Hall–Kier alpha value is -1.16. The Labute approximate surface area is 112 Å². The van der Waals surface area contributed by atoms with Gasteiger partial charge in [0.05, 0.1) is 0 Å². The van der Waals surface area contributed by atoms with Crippen LogP contribution in [0.3, 0.4) is 0 Å². The molecule has 104 valence electrons. The van der Waals surface area contributed by atoms with Crippen LogP contribution in [0.25, 0.3) is 0 Å². The standard InChI is InChI=1S/C15H20F2N2/c16-12-8-13(17)10-14(9-12)19-7-4-15(11-19)2-1-5-18-6-3-15/h8-10,18H,1-7,11H2. The topological polar surface area (TPSA) is 15.3 Å². The molecule has 4 heteroatoms. The van der Waals surface area contributed by atoms with E-state index in [1.807, 2.05) is 0 Å². The number of hydrogen-bond donors (Lipinski definition) is 1. The van der Waals surface area contributed by atoms with Gasteiger partial charge < -0.3 is 10.2 Å². The van der Waals surface area contributed by atoms with Gasteiger partial charge in [0.25, 0.3) is 0 Å². The van der Waals surface area contributed by atoms with Crippen molar-refractivity contribution in [3.8, 4) is 0 Å². The highest BCUT2D eigenvalue weighted by atomic mass is 19.1. The minimum absolute atomic E-state index is 0.340. The van der Waals surface area contributed by atoms with Crippen LogP contribution in [0.5, 0.6) is 0 Å². The number of rotatable bonds is 1. The van der Waals surface area contributed by atoms with Crippen molar-refractivity contribution >= 4 is 5.69 Å². The lowest BCUT2D eigenvalue weighted by atomic mass is 9.80. The Kier molecular flexibility index (Phi) is 3.44. The first kappa shape index (κ1) is 12.9. The van der Waals surface area contributed by atoms with E-state index in [4.69, 9.17) is 0 Å². The fourth-order valence-electron chi connectivity index (χ4n) is 3.48. The fourth-order valence-corrected chi connectivity index (χ4v) is 3.48. The molecule has 3 rings (SSSR count). The van der Waals surface area contributed by atoms with Crippen LogP contribution in [-0.2, 0) is 0 Å². The number of halogens is 2. The highest BCUT2D eigenvalue weighted by Crippen LogP contribution is 2.41. The second-order valence-corrected chi connectivity index (χ2v) is 5.90. The first-order valence-electron chi connectivity index (χ1n) is 7.09. The lowest BCUT2D eigenvalue weighted by Gasteiger charge is -2.28. The summed E-state index contributed by atoms with van der Waals surface area (Å²) in [7, 11) is 0. The number of nitrogens with zero attached hydrogens (tertiary/aromatic N) is 1. The van der Waals surface area contributed by atoms with Crippen molar-refractivity contribution in [2.75, 3.05) is 31.1 Å². The van der Waals surface area contributed by atoms with Crippen LogP contribution in [0.1, 0.15) is 25.7 Å². The second kappa shape index (κ2) is 5.08. The minimum Gasteiger partial charge on any atom is -0.371 e. The molecule has 2 saturated heterocycles. The summed E-state index contributed by atoms with van der Waals surface area (Å²) in [5.74, 6) is -0.975. The summed E-state index contributed by atoms with van der Waals surface area (Å²) in [6.45, 7) is 3.99. The fraction of sp³-hybridized carbons (Fsp3) is 0.600.